The zero-order valence-corrected chi connectivity index (χ0v) is 9.67. The van der Waals surface area contributed by atoms with E-state index in [1.807, 2.05) is 12.1 Å². The van der Waals surface area contributed by atoms with Gasteiger partial charge in [0.1, 0.15) is 0 Å². The van der Waals surface area contributed by atoms with Gasteiger partial charge in [0, 0.05) is 5.02 Å². The largest absolute Gasteiger partial charge is 0.316 e. The molecule has 0 saturated carbocycles. The summed E-state index contributed by atoms with van der Waals surface area (Å²) in [6, 6.07) is 8.14. The normalized spacial score (nSPS) is 31.5. The van der Waals surface area contributed by atoms with E-state index in [4.69, 9.17) is 17.3 Å². The Morgan fingerprint density at radius 3 is 2.67 bits per heavy atom. The maximum atomic E-state index is 6.00. The molecule has 15 heavy (non-hydrogen) atoms. The van der Waals surface area contributed by atoms with Crippen LogP contribution in [-0.4, -0.2) is 12.7 Å². The van der Waals surface area contributed by atoms with Crippen molar-refractivity contribution >= 4 is 11.6 Å². The lowest BCUT2D eigenvalue weighted by Gasteiger charge is -2.35. The molecule has 2 nitrogen and oxygen atoms in total. The van der Waals surface area contributed by atoms with Gasteiger partial charge >= 0.3 is 0 Å². The molecule has 82 valence electrons. The van der Waals surface area contributed by atoms with Crippen LogP contribution in [0.2, 0.25) is 5.02 Å². The molecule has 1 aromatic rings. The maximum Gasteiger partial charge on any atom is 0.0578 e. The zero-order valence-electron chi connectivity index (χ0n) is 8.91. The number of piperidine rings is 1. The van der Waals surface area contributed by atoms with E-state index in [0.29, 0.717) is 11.8 Å². The summed E-state index contributed by atoms with van der Waals surface area (Å²) in [6.45, 7) is 3.20. The second kappa shape index (κ2) is 4.52. The first kappa shape index (κ1) is 10.9. The van der Waals surface area contributed by atoms with E-state index in [0.717, 1.165) is 18.0 Å². The van der Waals surface area contributed by atoms with Gasteiger partial charge < -0.3 is 11.1 Å². The van der Waals surface area contributed by atoms with Crippen molar-refractivity contribution in [3.05, 3.63) is 34.9 Å². The second-order valence-corrected chi connectivity index (χ2v) is 4.72. The summed E-state index contributed by atoms with van der Waals surface area (Å²) in [4.78, 5) is 0. The van der Waals surface area contributed by atoms with E-state index in [1.165, 1.54) is 5.56 Å². The van der Waals surface area contributed by atoms with Crippen LogP contribution < -0.4 is 11.1 Å². The number of halogens is 1. The number of nitrogens with one attached hydrogen (secondary N) is 1. The van der Waals surface area contributed by atoms with E-state index >= 15 is 0 Å². The minimum atomic E-state index is 0.111. The van der Waals surface area contributed by atoms with Gasteiger partial charge in [-0.05, 0) is 42.5 Å². The molecule has 0 spiro atoms. The van der Waals surface area contributed by atoms with E-state index < -0.39 is 0 Å². The van der Waals surface area contributed by atoms with Gasteiger partial charge in [0.05, 0.1) is 6.17 Å². The lowest BCUT2D eigenvalue weighted by atomic mass is 9.80. The Bertz CT molecular complexity index is 323. The molecule has 0 bridgehead atoms. The SMILES string of the molecule is CC1C(N)NCCC1c1ccc(Cl)cc1. The van der Waals surface area contributed by atoms with Gasteiger partial charge in [-0.1, -0.05) is 30.7 Å². The highest BCUT2D eigenvalue weighted by Gasteiger charge is 2.28. The summed E-state index contributed by atoms with van der Waals surface area (Å²) in [7, 11) is 0. The molecular weight excluding hydrogens is 208 g/mol. The highest BCUT2D eigenvalue weighted by Crippen LogP contribution is 2.32. The summed E-state index contributed by atoms with van der Waals surface area (Å²) < 4.78 is 0. The monoisotopic (exact) mass is 224 g/mol. The fourth-order valence-electron chi connectivity index (χ4n) is 2.28. The van der Waals surface area contributed by atoms with Crippen LogP contribution in [0, 0.1) is 5.92 Å². The molecule has 1 aliphatic heterocycles. The van der Waals surface area contributed by atoms with Gasteiger partial charge in [0.15, 0.2) is 0 Å². The third-order valence-electron chi connectivity index (χ3n) is 3.33. The highest BCUT2D eigenvalue weighted by molar-refractivity contribution is 6.30. The Morgan fingerprint density at radius 1 is 1.33 bits per heavy atom. The molecule has 1 saturated heterocycles. The third-order valence-corrected chi connectivity index (χ3v) is 3.59. The van der Waals surface area contributed by atoms with Crippen molar-refractivity contribution in [1.29, 1.82) is 0 Å². The van der Waals surface area contributed by atoms with Crippen LogP contribution in [0.25, 0.3) is 0 Å². The molecule has 1 aromatic carbocycles. The Hall–Kier alpha value is -0.570. The molecule has 3 N–H and O–H groups in total. The number of rotatable bonds is 1. The quantitative estimate of drug-likeness (QED) is 0.769. The fourth-order valence-corrected chi connectivity index (χ4v) is 2.41. The number of nitrogens with two attached hydrogens (primary N) is 1. The Labute approximate surface area is 95.8 Å². The van der Waals surface area contributed by atoms with Gasteiger partial charge in [-0.25, -0.2) is 0 Å². The average molecular weight is 225 g/mol. The first-order valence-electron chi connectivity index (χ1n) is 5.43. The summed E-state index contributed by atoms with van der Waals surface area (Å²) in [5.74, 6) is 1.03. The van der Waals surface area contributed by atoms with Crippen LogP contribution in [0.4, 0.5) is 0 Å². The number of hydrogen-bond acceptors (Lipinski definition) is 2. The van der Waals surface area contributed by atoms with Crippen molar-refractivity contribution in [3.8, 4) is 0 Å². The smallest absolute Gasteiger partial charge is 0.0578 e. The molecule has 0 aromatic heterocycles. The fraction of sp³-hybridized carbons (Fsp3) is 0.500. The Kier molecular flexibility index (Phi) is 3.29. The first-order chi connectivity index (χ1) is 7.18. The molecular formula is C12H17ClN2. The highest BCUT2D eigenvalue weighted by atomic mass is 35.5. The minimum Gasteiger partial charge on any atom is -0.316 e. The van der Waals surface area contributed by atoms with Gasteiger partial charge in [0.2, 0.25) is 0 Å². The Balaban J connectivity index is 2.18. The van der Waals surface area contributed by atoms with Crippen molar-refractivity contribution in [2.45, 2.75) is 25.4 Å². The van der Waals surface area contributed by atoms with Crippen LogP contribution >= 0.6 is 11.6 Å². The predicted molar refractivity (Wildman–Crippen MR) is 64.0 cm³/mol. The molecule has 2 rings (SSSR count). The van der Waals surface area contributed by atoms with Gasteiger partial charge in [0.25, 0.3) is 0 Å². The topological polar surface area (TPSA) is 38.0 Å². The molecule has 1 fully saturated rings. The van der Waals surface area contributed by atoms with Crippen molar-refractivity contribution in [2.24, 2.45) is 11.7 Å². The molecule has 3 heteroatoms. The lowest BCUT2D eigenvalue weighted by molar-refractivity contribution is 0.266. The predicted octanol–water partition coefficient (Wildman–Crippen LogP) is 2.34. The van der Waals surface area contributed by atoms with Crippen LogP contribution in [0.1, 0.15) is 24.8 Å². The maximum absolute atomic E-state index is 6.00. The van der Waals surface area contributed by atoms with E-state index in [1.54, 1.807) is 0 Å². The second-order valence-electron chi connectivity index (χ2n) is 4.29. The standard InChI is InChI=1S/C12H17ClN2/c1-8-11(6-7-15-12(8)14)9-2-4-10(13)5-3-9/h2-5,8,11-12,15H,6-7,14H2,1H3. The molecule has 0 aliphatic carbocycles. The number of benzene rings is 1. The van der Waals surface area contributed by atoms with Gasteiger partial charge in [-0.15, -0.1) is 0 Å². The van der Waals surface area contributed by atoms with E-state index in [9.17, 15) is 0 Å². The van der Waals surface area contributed by atoms with Crippen molar-refractivity contribution in [2.75, 3.05) is 6.54 Å². The van der Waals surface area contributed by atoms with Crippen molar-refractivity contribution in [3.63, 3.8) is 0 Å². The Morgan fingerprint density at radius 2 is 2.00 bits per heavy atom. The average Bonchev–Trinajstić information content (AvgIpc) is 2.24. The molecule has 1 aliphatic rings. The zero-order chi connectivity index (χ0) is 10.8. The van der Waals surface area contributed by atoms with Crippen LogP contribution in [0.15, 0.2) is 24.3 Å². The molecule has 3 unspecified atom stereocenters. The van der Waals surface area contributed by atoms with E-state index in [-0.39, 0.29) is 6.17 Å². The molecule has 0 radical (unpaired) electrons. The number of hydrogen-bond donors (Lipinski definition) is 2. The molecule has 0 amide bonds. The summed E-state index contributed by atoms with van der Waals surface area (Å²) in [6.07, 6.45) is 1.26. The summed E-state index contributed by atoms with van der Waals surface area (Å²) >= 11 is 5.88. The summed E-state index contributed by atoms with van der Waals surface area (Å²) in [5, 5.41) is 4.09. The van der Waals surface area contributed by atoms with Crippen LogP contribution in [0.3, 0.4) is 0 Å². The van der Waals surface area contributed by atoms with Gasteiger partial charge in [-0.3, -0.25) is 0 Å². The van der Waals surface area contributed by atoms with Crippen molar-refractivity contribution < 1.29 is 0 Å². The van der Waals surface area contributed by atoms with Crippen molar-refractivity contribution in [1.82, 2.24) is 5.32 Å². The minimum absolute atomic E-state index is 0.111. The first-order valence-corrected chi connectivity index (χ1v) is 5.80. The molecule has 1 heterocycles. The summed E-state index contributed by atoms with van der Waals surface area (Å²) in [5.41, 5.74) is 7.35. The van der Waals surface area contributed by atoms with Crippen LogP contribution in [0.5, 0.6) is 0 Å². The molecule has 3 atom stereocenters. The third kappa shape index (κ3) is 2.33. The van der Waals surface area contributed by atoms with Gasteiger partial charge in [-0.2, -0.15) is 0 Å². The lowest BCUT2D eigenvalue weighted by Crippen LogP contribution is -2.49. The van der Waals surface area contributed by atoms with E-state index in [2.05, 4.69) is 24.4 Å². The van der Waals surface area contributed by atoms with Crippen LogP contribution in [-0.2, 0) is 0 Å².